The zero-order valence-corrected chi connectivity index (χ0v) is 17.3. The van der Waals surface area contributed by atoms with Crippen LogP contribution >= 0.6 is 0 Å². The lowest BCUT2D eigenvalue weighted by Gasteiger charge is -2.32. The lowest BCUT2D eigenvalue weighted by atomic mass is 10.1. The van der Waals surface area contributed by atoms with E-state index in [0.29, 0.717) is 17.5 Å². The highest BCUT2D eigenvalue weighted by atomic mass is 16.5. The Morgan fingerprint density at radius 1 is 1.07 bits per heavy atom. The Bertz CT molecular complexity index is 936. The van der Waals surface area contributed by atoms with Crippen LogP contribution in [0, 0.1) is 6.92 Å². The standard InChI is InChI=1S/C22H26N4O4/c1-16-13-18(25-30-16)15-28-21-22(24-10-9-23-21)29-20-7-11-26(12-8-20)14-17-3-5-19(27-2)6-4-17/h3-6,9-10,13,20H,7-8,11-12,14-15H2,1-2H3. The Labute approximate surface area is 175 Å². The van der Waals surface area contributed by atoms with Gasteiger partial charge in [-0.3, -0.25) is 4.90 Å². The molecular weight excluding hydrogens is 384 g/mol. The summed E-state index contributed by atoms with van der Waals surface area (Å²) in [5.41, 5.74) is 1.99. The van der Waals surface area contributed by atoms with Crippen LogP contribution in [0.1, 0.15) is 29.9 Å². The highest BCUT2D eigenvalue weighted by molar-refractivity contribution is 5.27. The smallest absolute Gasteiger partial charge is 0.278 e. The molecule has 0 N–H and O–H groups in total. The Kier molecular flexibility index (Phi) is 6.44. The van der Waals surface area contributed by atoms with Crippen LogP contribution in [-0.2, 0) is 13.2 Å². The van der Waals surface area contributed by atoms with Crippen molar-refractivity contribution in [3.63, 3.8) is 0 Å². The van der Waals surface area contributed by atoms with E-state index in [1.165, 1.54) is 5.56 Å². The molecule has 1 aliphatic rings. The molecule has 0 atom stereocenters. The number of rotatable bonds is 8. The minimum atomic E-state index is 0.0884. The molecule has 3 heterocycles. The summed E-state index contributed by atoms with van der Waals surface area (Å²) in [6.45, 7) is 4.95. The minimum Gasteiger partial charge on any atom is -0.497 e. The first-order valence-corrected chi connectivity index (χ1v) is 10.1. The summed E-state index contributed by atoms with van der Waals surface area (Å²) < 4.78 is 22.2. The number of aryl methyl sites for hydroxylation is 1. The van der Waals surface area contributed by atoms with Crippen molar-refractivity contribution in [2.45, 2.75) is 39.0 Å². The van der Waals surface area contributed by atoms with E-state index in [-0.39, 0.29) is 12.7 Å². The molecule has 4 rings (SSSR count). The number of benzene rings is 1. The van der Waals surface area contributed by atoms with Gasteiger partial charge in [0.05, 0.1) is 7.11 Å². The lowest BCUT2D eigenvalue weighted by molar-refractivity contribution is 0.0882. The van der Waals surface area contributed by atoms with Gasteiger partial charge in [0.25, 0.3) is 11.8 Å². The van der Waals surface area contributed by atoms with E-state index in [9.17, 15) is 0 Å². The van der Waals surface area contributed by atoms with Crippen LogP contribution in [0.2, 0.25) is 0 Å². The summed E-state index contributed by atoms with van der Waals surface area (Å²) in [5, 5.41) is 3.93. The number of aromatic nitrogens is 3. The molecule has 0 amide bonds. The zero-order valence-electron chi connectivity index (χ0n) is 17.3. The van der Waals surface area contributed by atoms with Gasteiger partial charge in [-0.15, -0.1) is 0 Å². The highest BCUT2D eigenvalue weighted by Crippen LogP contribution is 2.26. The van der Waals surface area contributed by atoms with Crippen molar-refractivity contribution in [1.29, 1.82) is 0 Å². The third kappa shape index (κ3) is 5.27. The Hall–Kier alpha value is -3.13. The summed E-state index contributed by atoms with van der Waals surface area (Å²) in [5.74, 6) is 2.42. The second-order valence-corrected chi connectivity index (χ2v) is 7.33. The average molecular weight is 410 g/mol. The van der Waals surface area contributed by atoms with Crippen LogP contribution in [0.25, 0.3) is 0 Å². The molecule has 1 fully saturated rings. The zero-order chi connectivity index (χ0) is 20.8. The van der Waals surface area contributed by atoms with E-state index in [2.05, 4.69) is 32.2 Å². The molecule has 8 nitrogen and oxygen atoms in total. The fourth-order valence-corrected chi connectivity index (χ4v) is 3.45. The maximum absolute atomic E-state index is 6.12. The normalized spacial score (nSPS) is 15.1. The average Bonchev–Trinajstić information content (AvgIpc) is 3.20. The summed E-state index contributed by atoms with van der Waals surface area (Å²) in [6.07, 6.45) is 5.14. The first kappa shape index (κ1) is 20.2. The molecule has 0 spiro atoms. The largest absolute Gasteiger partial charge is 0.497 e. The first-order chi connectivity index (χ1) is 14.7. The first-order valence-electron chi connectivity index (χ1n) is 10.1. The molecule has 0 aliphatic carbocycles. The molecule has 1 saturated heterocycles. The van der Waals surface area contributed by atoms with Crippen molar-refractivity contribution < 1.29 is 18.7 Å². The predicted octanol–water partition coefficient (Wildman–Crippen LogP) is 3.40. The number of piperidine rings is 1. The molecule has 1 aliphatic heterocycles. The number of nitrogens with zero attached hydrogens (tertiary/aromatic N) is 4. The van der Waals surface area contributed by atoms with Crippen molar-refractivity contribution >= 4 is 0 Å². The number of likely N-dealkylation sites (tertiary alicyclic amines) is 1. The summed E-state index contributed by atoms with van der Waals surface area (Å²) >= 11 is 0. The fraction of sp³-hybridized carbons (Fsp3) is 0.409. The molecular formula is C22H26N4O4. The van der Waals surface area contributed by atoms with E-state index < -0.39 is 0 Å². The number of hydrogen-bond acceptors (Lipinski definition) is 8. The van der Waals surface area contributed by atoms with Gasteiger partial charge in [-0.25, -0.2) is 9.97 Å². The monoisotopic (exact) mass is 410 g/mol. The molecule has 0 saturated carbocycles. The van der Waals surface area contributed by atoms with E-state index in [1.807, 2.05) is 25.1 Å². The maximum Gasteiger partial charge on any atom is 0.278 e. The number of hydrogen-bond donors (Lipinski definition) is 0. The van der Waals surface area contributed by atoms with E-state index in [0.717, 1.165) is 44.0 Å². The fourth-order valence-electron chi connectivity index (χ4n) is 3.45. The lowest BCUT2D eigenvalue weighted by Crippen LogP contribution is -2.38. The number of methoxy groups -OCH3 is 1. The summed E-state index contributed by atoms with van der Waals surface area (Å²) in [6, 6.07) is 10.1. The molecule has 158 valence electrons. The van der Waals surface area contributed by atoms with Gasteiger partial charge in [0, 0.05) is 38.1 Å². The molecule has 30 heavy (non-hydrogen) atoms. The second-order valence-electron chi connectivity index (χ2n) is 7.33. The van der Waals surface area contributed by atoms with E-state index >= 15 is 0 Å². The molecule has 0 radical (unpaired) electrons. The van der Waals surface area contributed by atoms with Crippen LogP contribution in [-0.4, -0.2) is 46.3 Å². The van der Waals surface area contributed by atoms with Gasteiger partial charge >= 0.3 is 0 Å². The second kappa shape index (κ2) is 9.58. The van der Waals surface area contributed by atoms with Crippen molar-refractivity contribution in [3.8, 4) is 17.5 Å². The van der Waals surface area contributed by atoms with Crippen molar-refractivity contribution in [2.24, 2.45) is 0 Å². The maximum atomic E-state index is 6.12. The van der Waals surface area contributed by atoms with Gasteiger partial charge in [-0.1, -0.05) is 17.3 Å². The SMILES string of the molecule is COc1ccc(CN2CCC(Oc3nccnc3OCc3cc(C)on3)CC2)cc1. The third-order valence-corrected chi connectivity index (χ3v) is 5.04. The van der Waals surface area contributed by atoms with Crippen LogP contribution in [0.15, 0.2) is 47.2 Å². The minimum absolute atomic E-state index is 0.0884. The van der Waals surface area contributed by atoms with Crippen molar-refractivity contribution in [3.05, 3.63) is 59.7 Å². The van der Waals surface area contributed by atoms with Crippen LogP contribution < -0.4 is 14.2 Å². The van der Waals surface area contributed by atoms with E-state index in [1.54, 1.807) is 19.5 Å². The topological polar surface area (TPSA) is 82.7 Å². The summed E-state index contributed by atoms with van der Waals surface area (Å²) in [7, 11) is 1.68. The summed E-state index contributed by atoms with van der Waals surface area (Å²) in [4.78, 5) is 11.0. The van der Waals surface area contributed by atoms with Gasteiger partial charge < -0.3 is 18.7 Å². The highest BCUT2D eigenvalue weighted by Gasteiger charge is 2.23. The Morgan fingerprint density at radius 2 is 1.80 bits per heavy atom. The Morgan fingerprint density at radius 3 is 2.47 bits per heavy atom. The van der Waals surface area contributed by atoms with Crippen molar-refractivity contribution in [2.75, 3.05) is 20.2 Å². The molecule has 3 aromatic rings. The van der Waals surface area contributed by atoms with Crippen LogP contribution in [0.4, 0.5) is 0 Å². The predicted molar refractivity (Wildman–Crippen MR) is 110 cm³/mol. The third-order valence-electron chi connectivity index (χ3n) is 5.04. The quantitative estimate of drug-likeness (QED) is 0.559. The van der Waals surface area contributed by atoms with Gasteiger partial charge in [-0.05, 0) is 37.5 Å². The van der Waals surface area contributed by atoms with Gasteiger partial charge in [0.2, 0.25) is 0 Å². The molecule has 1 aromatic carbocycles. The molecule has 2 aromatic heterocycles. The molecule has 0 bridgehead atoms. The van der Waals surface area contributed by atoms with Gasteiger partial charge in [-0.2, -0.15) is 0 Å². The molecule has 8 heteroatoms. The number of ether oxygens (including phenoxy) is 3. The van der Waals surface area contributed by atoms with Gasteiger partial charge in [0.1, 0.15) is 29.9 Å². The van der Waals surface area contributed by atoms with Gasteiger partial charge in [0.15, 0.2) is 0 Å². The Balaban J connectivity index is 1.28. The molecule has 0 unspecified atom stereocenters. The van der Waals surface area contributed by atoms with Crippen LogP contribution in [0.5, 0.6) is 17.5 Å². The van der Waals surface area contributed by atoms with E-state index in [4.69, 9.17) is 18.7 Å². The van der Waals surface area contributed by atoms with Crippen molar-refractivity contribution in [1.82, 2.24) is 20.0 Å². The van der Waals surface area contributed by atoms with Crippen LogP contribution in [0.3, 0.4) is 0 Å².